The standard InChI is InChI=1S/C18H28N2O2S/c1-23-12-2-9-19-18(22)17-5-3-15(4-6-17)13-20-10-7-16(14-21)8-11-20/h3-6,16,21H,2,7-14H2,1H3,(H,19,22). The van der Waals surface area contributed by atoms with Gasteiger partial charge in [-0.05, 0) is 68.0 Å². The highest BCUT2D eigenvalue weighted by molar-refractivity contribution is 7.98. The Morgan fingerprint density at radius 1 is 1.30 bits per heavy atom. The van der Waals surface area contributed by atoms with Crippen LogP contribution >= 0.6 is 11.8 Å². The molecule has 1 amide bonds. The summed E-state index contributed by atoms with van der Waals surface area (Å²) in [5.41, 5.74) is 1.98. The third-order valence-corrected chi connectivity index (χ3v) is 5.10. The first-order valence-corrected chi connectivity index (χ1v) is 9.81. The molecule has 1 aliphatic heterocycles. The van der Waals surface area contributed by atoms with Gasteiger partial charge in [0.25, 0.3) is 5.91 Å². The second-order valence-corrected chi connectivity index (χ2v) is 7.19. The lowest BCUT2D eigenvalue weighted by Crippen LogP contribution is -2.34. The molecule has 2 rings (SSSR count). The van der Waals surface area contributed by atoms with Crippen LogP contribution in [0.2, 0.25) is 0 Å². The van der Waals surface area contributed by atoms with Crippen LogP contribution in [0.5, 0.6) is 0 Å². The maximum absolute atomic E-state index is 12.0. The van der Waals surface area contributed by atoms with E-state index in [1.54, 1.807) is 11.8 Å². The van der Waals surface area contributed by atoms with E-state index in [-0.39, 0.29) is 5.91 Å². The number of likely N-dealkylation sites (tertiary alicyclic amines) is 1. The molecule has 0 aromatic heterocycles. The molecule has 23 heavy (non-hydrogen) atoms. The van der Waals surface area contributed by atoms with Crippen molar-refractivity contribution < 1.29 is 9.90 Å². The molecule has 1 aromatic rings. The Kier molecular flexibility index (Phi) is 7.92. The number of carbonyl (C=O) groups is 1. The Balaban J connectivity index is 1.77. The van der Waals surface area contributed by atoms with E-state index in [0.717, 1.165) is 56.8 Å². The van der Waals surface area contributed by atoms with Gasteiger partial charge in [-0.3, -0.25) is 9.69 Å². The Morgan fingerprint density at radius 2 is 2.00 bits per heavy atom. The van der Waals surface area contributed by atoms with E-state index in [0.29, 0.717) is 12.5 Å². The summed E-state index contributed by atoms with van der Waals surface area (Å²) in [5.74, 6) is 1.57. The van der Waals surface area contributed by atoms with E-state index in [1.807, 2.05) is 12.1 Å². The third-order valence-electron chi connectivity index (χ3n) is 4.40. The minimum Gasteiger partial charge on any atom is -0.396 e. The fraction of sp³-hybridized carbons (Fsp3) is 0.611. The van der Waals surface area contributed by atoms with E-state index in [2.05, 4.69) is 28.6 Å². The number of hydrogen-bond acceptors (Lipinski definition) is 4. The maximum atomic E-state index is 12.0. The van der Waals surface area contributed by atoms with Crippen molar-refractivity contribution in [1.82, 2.24) is 10.2 Å². The van der Waals surface area contributed by atoms with Crippen molar-refractivity contribution in [2.24, 2.45) is 5.92 Å². The van der Waals surface area contributed by atoms with Crippen LogP contribution < -0.4 is 5.32 Å². The number of amides is 1. The number of carbonyl (C=O) groups excluding carboxylic acids is 1. The summed E-state index contributed by atoms with van der Waals surface area (Å²) in [7, 11) is 0. The van der Waals surface area contributed by atoms with E-state index in [1.165, 1.54) is 5.56 Å². The van der Waals surface area contributed by atoms with Gasteiger partial charge in [0.2, 0.25) is 0 Å². The number of piperidine rings is 1. The SMILES string of the molecule is CSCCCNC(=O)c1ccc(CN2CCC(CO)CC2)cc1. The van der Waals surface area contributed by atoms with E-state index in [9.17, 15) is 9.90 Å². The van der Waals surface area contributed by atoms with E-state index < -0.39 is 0 Å². The molecule has 0 aliphatic carbocycles. The van der Waals surface area contributed by atoms with Crippen LogP contribution in [0.4, 0.5) is 0 Å². The normalized spacial score (nSPS) is 16.4. The first kappa shape index (κ1) is 18.3. The van der Waals surface area contributed by atoms with Crippen LogP contribution in [0.1, 0.15) is 35.2 Å². The van der Waals surface area contributed by atoms with Gasteiger partial charge in [0.05, 0.1) is 0 Å². The van der Waals surface area contributed by atoms with Gasteiger partial charge in [0, 0.05) is 25.3 Å². The van der Waals surface area contributed by atoms with Gasteiger partial charge in [-0.15, -0.1) is 0 Å². The molecule has 0 spiro atoms. The van der Waals surface area contributed by atoms with Gasteiger partial charge >= 0.3 is 0 Å². The largest absolute Gasteiger partial charge is 0.396 e. The van der Waals surface area contributed by atoms with Crippen molar-refractivity contribution in [1.29, 1.82) is 0 Å². The molecule has 5 heteroatoms. The summed E-state index contributed by atoms with van der Waals surface area (Å²) in [5, 5.41) is 12.1. The van der Waals surface area contributed by atoms with Gasteiger partial charge in [-0.1, -0.05) is 12.1 Å². The Bertz CT molecular complexity index is 470. The molecule has 1 saturated heterocycles. The quantitative estimate of drug-likeness (QED) is 0.716. The van der Waals surface area contributed by atoms with Crippen molar-refractivity contribution in [3.8, 4) is 0 Å². The van der Waals surface area contributed by atoms with Crippen molar-refractivity contribution in [3.05, 3.63) is 35.4 Å². The fourth-order valence-corrected chi connectivity index (χ4v) is 3.30. The summed E-state index contributed by atoms with van der Waals surface area (Å²) in [6.45, 7) is 4.06. The number of thioether (sulfide) groups is 1. The summed E-state index contributed by atoms with van der Waals surface area (Å²) in [6, 6.07) is 7.93. The van der Waals surface area contributed by atoms with Gasteiger partial charge in [-0.25, -0.2) is 0 Å². The van der Waals surface area contributed by atoms with Crippen LogP contribution in [0.25, 0.3) is 0 Å². The molecule has 1 aliphatic rings. The Hall–Kier alpha value is -1.04. The predicted molar refractivity (Wildman–Crippen MR) is 96.9 cm³/mol. The van der Waals surface area contributed by atoms with Gasteiger partial charge < -0.3 is 10.4 Å². The zero-order valence-corrected chi connectivity index (χ0v) is 14.8. The summed E-state index contributed by atoms with van der Waals surface area (Å²) >= 11 is 1.80. The molecular formula is C18H28N2O2S. The smallest absolute Gasteiger partial charge is 0.251 e. The molecule has 0 radical (unpaired) electrons. The van der Waals surface area contributed by atoms with Gasteiger partial charge in [0.15, 0.2) is 0 Å². The second kappa shape index (κ2) is 9.96. The van der Waals surface area contributed by atoms with Crippen molar-refractivity contribution in [2.75, 3.05) is 38.2 Å². The third kappa shape index (κ3) is 6.16. The minimum atomic E-state index is 0.0152. The molecule has 2 N–H and O–H groups in total. The molecule has 0 unspecified atom stereocenters. The average molecular weight is 337 g/mol. The van der Waals surface area contributed by atoms with Crippen molar-refractivity contribution >= 4 is 17.7 Å². The maximum Gasteiger partial charge on any atom is 0.251 e. The number of benzene rings is 1. The first-order chi connectivity index (χ1) is 11.2. The number of nitrogens with zero attached hydrogens (tertiary/aromatic N) is 1. The molecule has 1 fully saturated rings. The highest BCUT2D eigenvalue weighted by atomic mass is 32.2. The predicted octanol–water partition coefficient (Wildman–Crippen LogP) is 2.37. The summed E-state index contributed by atoms with van der Waals surface area (Å²) < 4.78 is 0. The van der Waals surface area contributed by atoms with E-state index >= 15 is 0 Å². The zero-order valence-electron chi connectivity index (χ0n) is 14.0. The lowest BCUT2D eigenvalue weighted by Gasteiger charge is -2.31. The summed E-state index contributed by atoms with van der Waals surface area (Å²) in [4.78, 5) is 14.4. The Morgan fingerprint density at radius 3 is 2.61 bits per heavy atom. The highest BCUT2D eigenvalue weighted by Crippen LogP contribution is 2.18. The molecule has 0 bridgehead atoms. The number of rotatable bonds is 8. The van der Waals surface area contributed by atoms with E-state index in [4.69, 9.17) is 0 Å². The molecule has 128 valence electrons. The lowest BCUT2D eigenvalue weighted by molar-refractivity contribution is 0.0954. The lowest BCUT2D eigenvalue weighted by atomic mass is 9.97. The molecule has 1 aromatic carbocycles. The number of aliphatic hydroxyl groups is 1. The fourth-order valence-electron chi connectivity index (χ4n) is 2.87. The second-order valence-electron chi connectivity index (χ2n) is 6.20. The van der Waals surface area contributed by atoms with Gasteiger partial charge in [0.1, 0.15) is 0 Å². The average Bonchev–Trinajstić information content (AvgIpc) is 2.60. The van der Waals surface area contributed by atoms with Crippen LogP contribution in [-0.4, -0.2) is 54.2 Å². The Labute approximate surface area is 143 Å². The number of hydrogen-bond donors (Lipinski definition) is 2. The van der Waals surface area contributed by atoms with Crippen LogP contribution in [0, 0.1) is 5.92 Å². The number of nitrogens with one attached hydrogen (secondary N) is 1. The molecule has 0 saturated carbocycles. The topological polar surface area (TPSA) is 52.6 Å². The highest BCUT2D eigenvalue weighted by Gasteiger charge is 2.18. The molecular weight excluding hydrogens is 308 g/mol. The van der Waals surface area contributed by atoms with Crippen LogP contribution in [0.15, 0.2) is 24.3 Å². The minimum absolute atomic E-state index is 0.0152. The number of aliphatic hydroxyl groups excluding tert-OH is 1. The zero-order chi connectivity index (χ0) is 16.5. The van der Waals surface area contributed by atoms with Crippen molar-refractivity contribution in [3.63, 3.8) is 0 Å². The summed E-state index contributed by atoms with van der Waals surface area (Å²) in [6.07, 6.45) is 5.24. The van der Waals surface area contributed by atoms with Gasteiger partial charge in [-0.2, -0.15) is 11.8 Å². The monoisotopic (exact) mass is 336 g/mol. The molecule has 0 atom stereocenters. The van der Waals surface area contributed by atoms with Crippen LogP contribution in [-0.2, 0) is 6.54 Å². The van der Waals surface area contributed by atoms with Crippen LogP contribution in [0.3, 0.4) is 0 Å². The first-order valence-electron chi connectivity index (χ1n) is 8.42. The molecule has 1 heterocycles. The van der Waals surface area contributed by atoms with Crippen molar-refractivity contribution in [2.45, 2.75) is 25.8 Å². The molecule has 4 nitrogen and oxygen atoms in total.